The van der Waals surface area contributed by atoms with E-state index in [4.69, 9.17) is 0 Å². The highest BCUT2D eigenvalue weighted by molar-refractivity contribution is 6.19. The van der Waals surface area contributed by atoms with E-state index in [1.807, 2.05) is 11.0 Å². The molecule has 1 aromatic heterocycles. The zero-order valence-corrected chi connectivity index (χ0v) is 13.6. The number of nitrogens with one attached hydrogen (secondary N) is 1. The summed E-state index contributed by atoms with van der Waals surface area (Å²) < 4.78 is 13.2. The normalized spacial score (nSPS) is 14.2. The maximum absolute atomic E-state index is 13.2. The number of aromatic amines is 1. The first-order valence-corrected chi connectivity index (χ1v) is 8.35. The third-order valence-corrected chi connectivity index (χ3v) is 4.67. The average molecular weight is 336 g/mol. The Morgan fingerprint density at radius 3 is 2.28 bits per heavy atom. The van der Waals surface area contributed by atoms with E-state index in [-0.39, 0.29) is 17.2 Å². The molecule has 0 spiro atoms. The van der Waals surface area contributed by atoms with Gasteiger partial charge in [0.1, 0.15) is 11.6 Å². The summed E-state index contributed by atoms with van der Waals surface area (Å²) in [6.07, 6.45) is 2.05. The van der Waals surface area contributed by atoms with Gasteiger partial charge in [0.25, 0.3) is 5.56 Å². The van der Waals surface area contributed by atoms with Crippen LogP contribution >= 0.6 is 0 Å². The summed E-state index contributed by atoms with van der Waals surface area (Å²) in [7, 11) is 0. The standard InChI is InChI=1S/C20H17FN2O2/c21-14-9-7-13(8-10-14)18(24)17-15-5-1-2-6-16(15)20(25)22-19(17)23-11-3-4-12-23/h1-2,5-10H,3-4,11-12H2,(H,22,25). The number of carbonyl (C=O) groups is 1. The van der Waals surface area contributed by atoms with Crippen LogP contribution in [0.2, 0.25) is 0 Å². The first-order chi connectivity index (χ1) is 12.1. The third-order valence-electron chi connectivity index (χ3n) is 4.67. The van der Waals surface area contributed by atoms with Crippen molar-refractivity contribution in [3.05, 3.63) is 75.8 Å². The highest BCUT2D eigenvalue weighted by atomic mass is 19.1. The summed E-state index contributed by atoms with van der Waals surface area (Å²) in [6, 6.07) is 12.6. The van der Waals surface area contributed by atoms with Crippen LogP contribution in [0, 0.1) is 5.82 Å². The van der Waals surface area contributed by atoms with Gasteiger partial charge in [-0.2, -0.15) is 0 Å². The van der Waals surface area contributed by atoms with Gasteiger partial charge in [0.15, 0.2) is 5.78 Å². The summed E-state index contributed by atoms with van der Waals surface area (Å²) in [5.41, 5.74) is 0.677. The molecule has 3 aromatic rings. The summed E-state index contributed by atoms with van der Waals surface area (Å²) in [6.45, 7) is 1.61. The van der Waals surface area contributed by atoms with E-state index in [0.717, 1.165) is 25.9 Å². The van der Waals surface area contributed by atoms with Crippen LogP contribution < -0.4 is 10.5 Å². The molecular weight excluding hydrogens is 319 g/mol. The van der Waals surface area contributed by atoms with E-state index in [0.29, 0.717) is 27.7 Å². The second-order valence-corrected chi connectivity index (χ2v) is 6.25. The zero-order chi connectivity index (χ0) is 17.4. The lowest BCUT2D eigenvalue weighted by Crippen LogP contribution is -2.26. The van der Waals surface area contributed by atoms with Crippen LogP contribution in [-0.4, -0.2) is 23.9 Å². The Labute approximate surface area is 143 Å². The minimum atomic E-state index is -0.386. The maximum Gasteiger partial charge on any atom is 0.257 e. The average Bonchev–Trinajstić information content (AvgIpc) is 3.16. The Balaban J connectivity index is 1.97. The largest absolute Gasteiger partial charge is 0.357 e. The Hall–Kier alpha value is -2.95. The number of aromatic nitrogens is 1. The van der Waals surface area contributed by atoms with E-state index in [9.17, 15) is 14.0 Å². The Morgan fingerprint density at radius 1 is 0.960 bits per heavy atom. The molecule has 4 rings (SSSR count). The van der Waals surface area contributed by atoms with Crippen LogP contribution in [-0.2, 0) is 0 Å². The van der Waals surface area contributed by atoms with Crippen LogP contribution in [0.1, 0.15) is 28.8 Å². The van der Waals surface area contributed by atoms with Gasteiger partial charge in [0, 0.05) is 29.4 Å². The molecule has 1 aliphatic heterocycles. The van der Waals surface area contributed by atoms with Gasteiger partial charge in [-0.15, -0.1) is 0 Å². The van der Waals surface area contributed by atoms with Crippen LogP contribution in [0.3, 0.4) is 0 Å². The zero-order valence-electron chi connectivity index (χ0n) is 13.6. The van der Waals surface area contributed by atoms with Crippen molar-refractivity contribution < 1.29 is 9.18 Å². The van der Waals surface area contributed by atoms with Gasteiger partial charge in [-0.1, -0.05) is 18.2 Å². The number of anilines is 1. The molecule has 0 bridgehead atoms. The molecule has 4 nitrogen and oxygen atoms in total. The number of carbonyl (C=O) groups excluding carboxylic acids is 1. The van der Waals surface area contributed by atoms with E-state index < -0.39 is 0 Å². The summed E-state index contributed by atoms with van der Waals surface area (Å²) in [4.78, 5) is 30.6. The lowest BCUT2D eigenvalue weighted by atomic mass is 9.98. The van der Waals surface area contributed by atoms with E-state index >= 15 is 0 Å². The topological polar surface area (TPSA) is 53.2 Å². The SMILES string of the molecule is O=C(c1ccc(F)cc1)c1c(N2CCCC2)[nH]c(=O)c2ccccc12. The smallest absolute Gasteiger partial charge is 0.257 e. The van der Waals surface area contributed by atoms with Gasteiger partial charge < -0.3 is 9.88 Å². The fourth-order valence-corrected chi connectivity index (χ4v) is 3.42. The molecule has 1 saturated heterocycles. The number of hydrogen-bond acceptors (Lipinski definition) is 3. The van der Waals surface area contributed by atoms with Crippen LogP contribution in [0.5, 0.6) is 0 Å². The quantitative estimate of drug-likeness (QED) is 0.745. The number of nitrogens with zero attached hydrogens (tertiary/aromatic N) is 1. The highest BCUT2D eigenvalue weighted by Crippen LogP contribution is 2.29. The van der Waals surface area contributed by atoms with Crippen molar-refractivity contribution in [3.8, 4) is 0 Å². The molecule has 1 aliphatic rings. The fourth-order valence-electron chi connectivity index (χ4n) is 3.42. The van der Waals surface area contributed by atoms with Crippen LogP contribution in [0.15, 0.2) is 53.3 Å². The molecule has 0 atom stereocenters. The number of rotatable bonds is 3. The van der Waals surface area contributed by atoms with Crippen LogP contribution in [0.4, 0.5) is 10.2 Å². The summed E-state index contributed by atoms with van der Waals surface area (Å²) in [5.74, 6) is -0.0347. The van der Waals surface area contributed by atoms with Gasteiger partial charge in [0.2, 0.25) is 0 Å². The predicted molar refractivity (Wildman–Crippen MR) is 95.8 cm³/mol. The van der Waals surface area contributed by atoms with Crippen molar-refractivity contribution in [2.45, 2.75) is 12.8 Å². The predicted octanol–water partition coefficient (Wildman–Crippen LogP) is 3.50. The summed E-state index contributed by atoms with van der Waals surface area (Å²) in [5, 5.41) is 1.11. The van der Waals surface area contributed by atoms with E-state index in [1.54, 1.807) is 18.2 Å². The highest BCUT2D eigenvalue weighted by Gasteiger charge is 2.24. The van der Waals surface area contributed by atoms with E-state index in [1.165, 1.54) is 24.3 Å². The molecule has 1 fully saturated rings. The minimum absolute atomic E-state index is 0.201. The molecule has 0 saturated carbocycles. The number of pyridine rings is 1. The molecule has 5 heteroatoms. The fraction of sp³-hybridized carbons (Fsp3) is 0.200. The first kappa shape index (κ1) is 15.6. The molecule has 126 valence electrons. The number of H-pyrrole nitrogens is 1. The van der Waals surface area contributed by atoms with Crippen LogP contribution in [0.25, 0.3) is 10.8 Å². The van der Waals surface area contributed by atoms with Gasteiger partial charge in [-0.05, 0) is 43.2 Å². The molecular formula is C20H17FN2O2. The van der Waals surface area contributed by atoms with E-state index in [2.05, 4.69) is 4.98 Å². The van der Waals surface area contributed by atoms with Gasteiger partial charge in [0.05, 0.1) is 5.56 Å². The molecule has 0 amide bonds. The molecule has 0 unspecified atom stereocenters. The molecule has 0 radical (unpaired) electrons. The van der Waals surface area contributed by atoms with Crippen molar-refractivity contribution in [1.82, 2.24) is 4.98 Å². The maximum atomic E-state index is 13.2. The second-order valence-electron chi connectivity index (χ2n) is 6.25. The molecule has 2 heterocycles. The van der Waals surface area contributed by atoms with Gasteiger partial charge >= 0.3 is 0 Å². The van der Waals surface area contributed by atoms with Crippen molar-refractivity contribution >= 4 is 22.4 Å². The monoisotopic (exact) mass is 336 g/mol. The second kappa shape index (κ2) is 6.16. The van der Waals surface area contributed by atoms with Gasteiger partial charge in [-0.3, -0.25) is 9.59 Å². The Kier molecular flexibility index (Phi) is 3.84. The first-order valence-electron chi connectivity index (χ1n) is 8.35. The van der Waals surface area contributed by atoms with Gasteiger partial charge in [-0.25, -0.2) is 4.39 Å². The van der Waals surface area contributed by atoms with Crippen molar-refractivity contribution in [1.29, 1.82) is 0 Å². The lowest BCUT2D eigenvalue weighted by Gasteiger charge is -2.21. The van der Waals surface area contributed by atoms with Crippen molar-refractivity contribution in [3.63, 3.8) is 0 Å². The Bertz CT molecular complexity index is 1000. The number of halogens is 1. The Morgan fingerprint density at radius 2 is 1.60 bits per heavy atom. The van der Waals surface area contributed by atoms with Crippen molar-refractivity contribution in [2.24, 2.45) is 0 Å². The lowest BCUT2D eigenvalue weighted by molar-refractivity contribution is 0.104. The van der Waals surface area contributed by atoms with Crippen molar-refractivity contribution in [2.75, 3.05) is 18.0 Å². The number of ketones is 1. The summed E-state index contributed by atoms with van der Waals surface area (Å²) >= 11 is 0. The number of fused-ring (bicyclic) bond motifs is 1. The number of hydrogen-bond donors (Lipinski definition) is 1. The molecule has 2 aromatic carbocycles. The number of benzene rings is 2. The third kappa shape index (κ3) is 2.71. The molecule has 25 heavy (non-hydrogen) atoms. The molecule has 1 N–H and O–H groups in total. The minimum Gasteiger partial charge on any atom is -0.357 e. The molecule has 0 aliphatic carbocycles.